The molecule has 126 valence electrons. The lowest BCUT2D eigenvalue weighted by Crippen LogP contribution is -2.34. The molecule has 1 aliphatic carbocycles. The predicted octanol–water partition coefficient (Wildman–Crippen LogP) is 2.47. The molecule has 0 saturated heterocycles. The molecule has 0 bridgehead atoms. The average Bonchev–Trinajstić information content (AvgIpc) is 3.33. The van der Waals surface area contributed by atoms with Crippen LogP contribution < -0.4 is 14.8 Å². The molecule has 6 heteroatoms. The van der Waals surface area contributed by atoms with Gasteiger partial charge in [0.15, 0.2) is 11.5 Å². The minimum atomic E-state index is -0.851. The molecule has 0 spiro atoms. The number of carbonyl (C=O) groups is 2. The number of carboxylic acid groups (broad SMARTS) is 1. The summed E-state index contributed by atoms with van der Waals surface area (Å²) < 4.78 is 11.1. The SMILES string of the molecule is CCCOc1ccc(C(=O)NCC2(C(=O)O)CC2)cc1OCC. The van der Waals surface area contributed by atoms with E-state index in [0.29, 0.717) is 43.1 Å². The molecule has 2 rings (SSSR count). The number of hydrogen-bond donors (Lipinski definition) is 2. The molecule has 1 aromatic carbocycles. The van der Waals surface area contributed by atoms with E-state index in [4.69, 9.17) is 14.6 Å². The molecular formula is C17H23NO5. The van der Waals surface area contributed by atoms with Crippen molar-refractivity contribution in [2.75, 3.05) is 19.8 Å². The average molecular weight is 321 g/mol. The summed E-state index contributed by atoms with van der Waals surface area (Å²) in [6.45, 7) is 5.07. The van der Waals surface area contributed by atoms with Gasteiger partial charge in [-0.25, -0.2) is 0 Å². The number of rotatable bonds is 9. The summed E-state index contributed by atoms with van der Waals surface area (Å²) in [6.07, 6.45) is 2.10. The molecule has 1 aromatic rings. The molecule has 2 N–H and O–H groups in total. The van der Waals surface area contributed by atoms with Gasteiger partial charge < -0.3 is 19.9 Å². The standard InChI is InChI=1S/C17H23NO5/c1-3-9-23-13-6-5-12(10-14(13)22-4-2)15(19)18-11-17(7-8-17)16(20)21/h5-6,10H,3-4,7-9,11H2,1-2H3,(H,18,19)(H,20,21). The minimum Gasteiger partial charge on any atom is -0.490 e. The van der Waals surface area contributed by atoms with Gasteiger partial charge in [-0.3, -0.25) is 9.59 Å². The second-order valence-corrected chi connectivity index (χ2v) is 5.71. The van der Waals surface area contributed by atoms with Crippen LogP contribution in [-0.2, 0) is 4.79 Å². The van der Waals surface area contributed by atoms with Crippen molar-refractivity contribution >= 4 is 11.9 Å². The van der Waals surface area contributed by atoms with Crippen LogP contribution >= 0.6 is 0 Å². The third-order valence-electron chi connectivity index (χ3n) is 3.86. The summed E-state index contributed by atoms with van der Waals surface area (Å²) in [7, 11) is 0. The maximum atomic E-state index is 12.2. The Morgan fingerprint density at radius 1 is 1.22 bits per heavy atom. The predicted molar refractivity (Wildman–Crippen MR) is 85.0 cm³/mol. The van der Waals surface area contributed by atoms with Gasteiger partial charge in [-0.15, -0.1) is 0 Å². The van der Waals surface area contributed by atoms with E-state index in [1.165, 1.54) is 0 Å². The van der Waals surface area contributed by atoms with Crippen LogP contribution in [-0.4, -0.2) is 36.7 Å². The number of amides is 1. The molecule has 0 radical (unpaired) electrons. The van der Waals surface area contributed by atoms with E-state index in [9.17, 15) is 9.59 Å². The molecule has 0 aromatic heterocycles. The van der Waals surface area contributed by atoms with Crippen LogP contribution in [0.5, 0.6) is 11.5 Å². The first-order chi connectivity index (χ1) is 11.0. The van der Waals surface area contributed by atoms with Gasteiger partial charge in [0.1, 0.15) is 0 Å². The lowest BCUT2D eigenvalue weighted by Gasteiger charge is -2.14. The Bertz CT molecular complexity index is 580. The molecule has 0 aliphatic heterocycles. The van der Waals surface area contributed by atoms with Crippen LogP contribution in [0.1, 0.15) is 43.5 Å². The number of carboxylic acids is 1. The minimum absolute atomic E-state index is 0.152. The summed E-state index contributed by atoms with van der Waals surface area (Å²) >= 11 is 0. The van der Waals surface area contributed by atoms with Crippen molar-refractivity contribution in [3.05, 3.63) is 23.8 Å². The van der Waals surface area contributed by atoms with Crippen LogP contribution in [0.2, 0.25) is 0 Å². The topological polar surface area (TPSA) is 84.9 Å². The van der Waals surface area contributed by atoms with Gasteiger partial charge in [0.2, 0.25) is 0 Å². The quantitative estimate of drug-likeness (QED) is 0.730. The lowest BCUT2D eigenvalue weighted by atomic mass is 10.1. The zero-order valence-electron chi connectivity index (χ0n) is 13.6. The van der Waals surface area contributed by atoms with Crippen molar-refractivity contribution in [1.29, 1.82) is 0 Å². The Hall–Kier alpha value is -2.24. The van der Waals surface area contributed by atoms with Crippen LogP contribution in [0.4, 0.5) is 0 Å². The fourth-order valence-corrected chi connectivity index (χ4v) is 2.22. The lowest BCUT2D eigenvalue weighted by molar-refractivity contribution is -0.143. The Balaban J connectivity index is 2.04. The Morgan fingerprint density at radius 2 is 1.96 bits per heavy atom. The molecule has 23 heavy (non-hydrogen) atoms. The van der Waals surface area contributed by atoms with E-state index in [-0.39, 0.29) is 12.5 Å². The Morgan fingerprint density at radius 3 is 2.52 bits per heavy atom. The summed E-state index contributed by atoms with van der Waals surface area (Å²) in [4.78, 5) is 23.4. The van der Waals surface area contributed by atoms with Gasteiger partial charge in [0.25, 0.3) is 5.91 Å². The zero-order chi connectivity index (χ0) is 16.9. The maximum Gasteiger partial charge on any atom is 0.311 e. The van der Waals surface area contributed by atoms with E-state index in [0.717, 1.165) is 6.42 Å². The third kappa shape index (κ3) is 4.15. The van der Waals surface area contributed by atoms with E-state index in [1.54, 1.807) is 18.2 Å². The van der Waals surface area contributed by atoms with Crippen molar-refractivity contribution in [3.63, 3.8) is 0 Å². The van der Waals surface area contributed by atoms with Gasteiger partial charge in [0.05, 0.1) is 18.6 Å². The van der Waals surface area contributed by atoms with Gasteiger partial charge in [0, 0.05) is 12.1 Å². The Kier molecular flexibility index (Phi) is 5.47. The third-order valence-corrected chi connectivity index (χ3v) is 3.86. The number of benzene rings is 1. The molecular weight excluding hydrogens is 298 g/mol. The number of nitrogens with one attached hydrogen (secondary N) is 1. The summed E-state index contributed by atoms with van der Waals surface area (Å²) in [6, 6.07) is 4.99. The van der Waals surface area contributed by atoms with Crippen molar-refractivity contribution in [2.45, 2.75) is 33.1 Å². The highest BCUT2D eigenvalue weighted by molar-refractivity contribution is 5.95. The number of carbonyl (C=O) groups excluding carboxylic acids is 1. The molecule has 1 amide bonds. The van der Waals surface area contributed by atoms with E-state index in [2.05, 4.69) is 5.32 Å². The highest BCUT2D eigenvalue weighted by Crippen LogP contribution is 2.45. The molecule has 1 fully saturated rings. The number of ether oxygens (including phenoxy) is 2. The van der Waals surface area contributed by atoms with E-state index in [1.807, 2.05) is 13.8 Å². The van der Waals surface area contributed by atoms with Crippen LogP contribution in [0, 0.1) is 5.41 Å². The van der Waals surface area contributed by atoms with Gasteiger partial charge in [-0.1, -0.05) is 6.92 Å². The normalized spacial score (nSPS) is 14.9. The number of hydrogen-bond acceptors (Lipinski definition) is 4. The fraction of sp³-hybridized carbons (Fsp3) is 0.529. The van der Waals surface area contributed by atoms with E-state index >= 15 is 0 Å². The second kappa shape index (κ2) is 7.35. The largest absolute Gasteiger partial charge is 0.490 e. The van der Waals surface area contributed by atoms with Gasteiger partial charge >= 0.3 is 5.97 Å². The highest BCUT2D eigenvalue weighted by atomic mass is 16.5. The molecule has 0 heterocycles. The molecule has 0 atom stereocenters. The molecule has 1 aliphatic rings. The summed E-state index contributed by atoms with van der Waals surface area (Å²) in [5, 5.41) is 11.8. The smallest absolute Gasteiger partial charge is 0.311 e. The van der Waals surface area contributed by atoms with E-state index < -0.39 is 11.4 Å². The fourth-order valence-electron chi connectivity index (χ4n) is 2.22. The van der Waals surface area contributed by atoms with Gasteiger partial charge in [-0.2, -0.15) is 0 Å². The molecule has 1 saturated carbocycles. The molecule has 0 unspecified atom stereocenters. The first kappa shape index (κ1) is 17.1. The van der Waals surface area contributed by atoms with Crippen molar-refractivity contribution in [3.8, 4) is 11.5 Å². The summed E-state index contributed by atoms with van der Waals surface area (Å²) in [5.41, 5.74) is -0.346. The number of aliphatic carboxylic acids is 1. The van der Waals surface area contributed by atoms with Crippen LogP contribution in [0.3, 0.4) is 0 Å². The second-order valence-electron chi connectivity index (χ2n) is 5.71. The van der Waals surface area contributed by atoms with Gasteiger partial charge in [-0.05, 0) is 44.4 Å². The first-order valence-electron chi connectivity index (χ1n) is 7.93. The maximum absolute atomic E-state index is 12.2. The van der Waals surface area contributed by atoms with Crippen LogP contribution in [0.25, 0.3) is 0 Å². The highest BCUT2D eigenvalue weighted by Gasteiger charge is 2.50. The van der Waals surface area contributed by atoms with Crippen molar-refractivity contribution in [2.24, 2.45) is 5.41 Å². The first-order valence-corrected chi connectivity index (χ1v) is 7.93. The zero-order valence-corrected chi connectivity index (χ0v) is 13.6. The monoisotopic (exact) mass is 321 g/mol. The van der Waals surface area contributed by atoms with Crippen molar-refractivity contribution < 1.29 is 24.2 Å². The van der Waals surface area contributed by atoms with Crippen LogP contribution in [0.15, 0.2) is 18.2 Å². The van der Waals surface area contributed by atoms with Crippen molar-refractivity contribution in [1.82, 2.24) is 5.32 Å². The molecule has 6 nitrogen and oxygen atoms in total. The summed E-state index contributed by atoms with van der Waals surface area (Å²) in [5.74, 6) is -0.0287. The Labute approximate surface area is 135 Å².